The first kappa shape index (κ1) is 19.0. The Morgan fingerprint density at radius 3 is 2.52 bits per heavy atom. The number of ether oxygens (including phenoxy) is 1. The minimum atomic E-state index is -1.23. The first-order chi connectivity index (χ1) is 12.0. The number of hydrogen-bond acceptors (Lipinski definition) is 4. The summed E-state index contributed by atoms with van der Waals surface area (Å²) in [5, 5.41) is 13.8. The monoisotopic (exact) mass is 404 g/mol. The van der Waals surface area contributed by atoms with Crippen LogP contribution in [-0.2, 0) is 4.79 Å². The maximum absolute atomic E-state index is 12.4. The van der Waals surface area contributed by atoms with Crippen LogP contribution in [0.2, 0.25) is 0 Å². The van der Waals surface area contributed by atoms with Crippen molar-refractivity contribution in [1.82, 2.24) is 5.32 Å². The molecule has 0 unspecified atom stereocenters. The molecule has 0 aliphatic carbocycles. The Kier molecular flexibility index (Phi) is 7.01. The molecule has 0 radical (unpaired) electrons. The molecule has 0 aliphatic rings. The molecule has 1 N–H and O–H groups in total. The number of carboxylic acids is 1. The molecule has 1 atom stereocenters. The molecule has 2 aromatic rings. The molecular weight excluding hydrogens is 386 g/mol. The summed E-state index contributed by atoms with van der Waals surface area (Å²) in [6.45, 7) is 2.63. The molecule has 5 nitrogen and oxygen atoms in total. The summed E-state index contributed by atoms with van der Waals surface area (Å²) in [4.78, 5) is 23.5. The van der Waals surface area contributed by atoms with Gasteiger partial charge in [0.1, 0.15) is 5.75 Å². The van der Waals surface area contributed by atoms with E-state index in [9.17, 15) is 14.7 Å². The molecule has 6 heteroatoms. The van der Waals surface area contributed by atoms with Gasteiger partial charge in [0.15, 0.2) is 0 Å². The fourth-order valence-corrected chi connectivity index (χ4v) is 2.71. The van der Waals surface area contributed by atoms with Gasteiger partial charge in [-0.2, -0.15) is 0 Å². The second-order valence-electron chi connectivity index (χ2n) is 5.53. The van der Waals surface area contributed by atoms with Crippen LogP contribution in [0.25, 0.3) is 0 Å². The van der Waals surface area contributed by atoms with Gasteiger partial charge in [0.25, 0.3) is 5.91 Å². The number of nitrogens with one attached hydrogen (secondary N) is 1. The summed E-state index contributed by atoms with van der Waals surface area (Å²) in [5.41, 5.74) is 1.12. The number of rotatable bonds is 8. The summed E-state index contributed by atoms with van der Waals surface area (Å²) < 4.78 is 6.29. The Bertz CT molecular complexity index is 730. The predicted octanol–water partition coefficient (Wildman–Crippen LogP) is 2.85. The van der Waals surface area contributed by atoms with Crippen LogP contribution < -0.4 is 15.2 Å². The lowest BCUT2D eigenvalue weighted by Gasteiger charge is -2.20. The van der Waals surface area contributed by atoms with E-state index in [-0.39, 0.29) is 12.3 Å². The number of carbonyl (C=O) groups is 2. The third-order valence-corrected chi connectivity index (χ3v) is 4.01. The van der Waals surface area contributed by atoms with Crippen LogP contribution in [0, 0.1) is 0 Å². The third kappa shape index (κ3) is 5.90. The van der Waals surface area contributed by atoms with E-state index in [2.05, 4.69) is 21.2 Å². The molecule has 0 aromatic heterocycles. The van der Waals surface area contributed by atoms with E-state index in [1.54, 1.807) is 42.5 Å². The Morgan fingerprint density at radius 2 is 1.92 bits per heavy atom. The van der Waals surface area contributed by atoms with Crippen LogP contribution in [0.1, 0.15) is 41.7 Å². The van der Waals surface area contributed by atoms with Crippen molar-refractivity contribution < 1.29 is 19.4 Å². The van der Waals surface area contributed by atoms with Crippen LogP contribution in [0.4, 0.5) is 0 Å². The highest BCUT2D eigenvalue weighted by atomic mass is 79.9. The van der Waals surface area contributed by atoms with Crippen LogP contribution in [-0.4, -0.2) is 18.5 Å². The van der Waals surface area contributed by atoms with E-state index in [1.807, 2.05) is 13.0 Å². The van der Waals surface area contributed by atoms with E-state index in [0.29, 0.717) is 23.5 Å². The average Bonchev–Trinajstić information content (AvgIpc) is 2.59. The molecule has 0 fully saturated rings. The molecule has 1 amide bonds. The van der Waals surface area contributed by atoms with Crippen LogP contribution >= 0.6 is 15.9 Å². The Labute approximate surface area is 155 Å². The number of amides is 1. The van der Waals surface area contributed by atoms with Gasteiger partial charge >= 0.3 is 0 Å². The maximum Gasteiger partial charge on any atom is 0.251 e. The van der Waals surface area contributed by atoms with Gasteiger partial charge in [0.05, 0.1) is 12.6 Å². The van der Waals surface area contributed by atoms with Crippen molar-refractivity contribution in [2.75, 3.05) is 6.61 Å². The molecule has 2 rings (SSSR count). The summed E-state index contributed by atoms with van der Waals surface area (Å²) >= 11 is 3.31. The average molecular weight is 405 g/mol. The number of benzene rings is 2. The summed E-state index contributed by atoms with van der Waals surface area (Å²) in [7, 11) is 0. The highest BCUT2D eigenvalue weighted by Crippen LogP contribution is 2.21. The molecule has 0 heterocycles. The van der Waals surface area contributed by atoms with Crippen molar-refractivity contribution in [3.63, 3.8) is 0 Å². The van der Waals surface area contributed by atoms with Crippen molar-refractivity contribution >= 4 is 27.8 Å². The second kappa shape index (κ2) is 9.22. The largest absolute Gasteiger partial charge is 0.550 e. The Hall–Kier alpha value is -2.34. The van der Waals surface area contributed by atoms with Crippen molar-refractivity contribution in [1.29, 1.82) is 0 Å². The number of aliphatic carboxylic acids is 1. The van der Waals surface area contributed by atoms with Crippen LogP contribution in [0.3, 0.4) is 0 Å². The zero-order valence-corrected chi connectivity index (χ0v) is 15.4. The van der Waals surface area contributed by atoms with E-state index < -0.39 is 12.0 Å². The fourth-order valence-electron chi connectivity index (χ4n) is 2.31. The predicted molar refractivity (Wildman–Crippen MR) is 96.2 cm³/mol. The van der Waals surface area contributed by atoms with Crippen molar-refractivity contribution in [3.8, 4) is 5.75 Å². The van der Waals surface area contributed by atoms with Gasteiger partial charge in [-0.25, -0.2) is 0 Å². The number of carboxylic acid groups (broad SMARTS) is 1. The van der Waals surface area contributed by atoms with Gasteiger partial charge in [-0.1, -0.05) is 41.1 Å². The van der Waals surface area contributed by atoms with Gasteiger partial charge in [0.2, 0.25) is 0 Å². The topological polar surface area (TPSA) is 78.5 Å². The molecule has 132 valence electrons. The maximum atomic E-state index is 12.4. The standard InChI is InChI=1S/C19H20BrNO4/c1-2-10-25-16-8-6-13(7-9-16)17(12-18(22)23)21-19(24)14-4-3-5-15(20)11-14/h3-9,11,17H,2,10,12H2,1H3,(H,21,24)(H,22,23)/p-1/t17-/m1/s1. The minimum absolute atomic E-state index is 0.311. The number of carbonyl (C=O) groups excluding carboxylic acids is 2. The number of hydrogen-bond donors (Lipinski definition) is 1. The van der Waals surface area contributed by atoms with Gasteiger partial charge < -0.3 is 20.0 Å². The summed E-state index contributed by atoms with van der Waals surface area (Å²) in [6.07, 6.45) is 0.590. The zero-order valence-electron chi connectivity index (χ0n) is 13.8. The second-order valence-corrected chi connectivity index (χ2v) is 6.45. The minimum Gasteiger partial charge on any atom is -0.550 e. The van der Waals surface area contributed by atoms with Crippen LogP contribution in [0.5, 0.6) is 5.75 Å². The lowest BCUT2D eigenvalue weighted by atomic mass is 10.0. The van der Waals surface area contributed by atoms with Gasteiger partial charge in [-0.15, -0.1) is 0 Å². The van der Waals surface area contributed by atoms with E-state index >= 15 is 0 Å². The molecule has 0 saturated heterocycles. The van der Waals surface area contributed by atoms with Crippen molar-refractivity contribution in [3.05, 3.63) is 64.1 Å². The normalized spacial score (nSPS) is 11.6. The lowest BCUT2D eigenvalue weighted by Crippen LogP contribution is -2.34. The fraction of sp³-hybridized carbons (Fsp3) is 0.263. The molecule has 2 aromatic carbocycles. The molecule has 25 heavy (non-hydrogen) atoms. The molecule has 0 aliphatic heterocycles. The van der Waals surface area contributed by atoms with E-state index in [1.165, 1.54) is 0 Å². The quantitative estimate of drug-likeness (QED) is 0.733. The highest BCUT2D eigenvalue weighted by molar-refractivity contribution is 9.10. The molecular formula is C19H19BrNO4-. The van der Waals surface area contributed by atoms with Gasteiger partial charge in [-0.05, 0) is 42.3 Å². The van der Waals surface area contributed by atoms with Gasteiger partial charge in [-0.3, -0.25) is 4.79 Å². The molecule has 0 bridgehead atoms. The SMILES string of the molecule is CCCOc1ccc([C@@H](CC(=O)[O-])NC(=O)c2cccc(Br)c2)cc1. The van der Waals surface area contributed by atoms with Gasteiger partial charge in [0, 0.05) is 22.4 Å². The zero-order chi connectivity index (χ0) is 18.2. The van der Waals surface area contributed by atoms with E-state index in [0.717, 1.165) is 10.9 Å². The third-order valence-electron chi connectivity index (χ3n) is 3.52. The Balaban J connectivity index is 2.15. The summed E-state index contributed by atoms with van der Waals surface area (Å²) in [6, 6.07) is 13.2. The first-order valence-electron chi connectivity index (χ1n) is 7.98. The molecule has 0 saturated carbocycles. The summed E-state index contributed by atoms with van der Waals surface area (Å²) in [5.74, 6) is -0.874. The van der Waals surface area contributed by atoms with E-state index in [4.69, 9.17) is 4.74 Å². The molecule has 0 spiro atoms. The number of halogens is 1. The van der Waals surface area contributed by atoms with Crippen molar-refractivity contribution in [2.24, 2.45) is 0 Å². The van der Waals surface area contributed by atoms with Crippen molar-refractivity contribution in [2.45, 2.75) is 25.8 Å². The lowest BCUT2D eigenvalue weighted by molar-refractivity contribution is -0.306. The smallest absolute Gasteiger partial charge is 0.251 e. The Morgan fingerprint density at radius 1 is 1.20 bits per heavy atom. The highest BCUT2D eigenvalue weighted by Gasteiger charge is 2.16. The van der Waals surface area contributed by atoms with Crippen LogP contribution in [0.15, 0.2) is 53.0 Å². The first-order valence-corrected chi connectivity index (χ1v) is 8.78.